The molecule has 1 fully saturated rings. The van der Waals surface area contributed by atoms with Gasteiger partial charge in [-0.2, -0.15) is 0 Å². The van der Waals surface area contributed by atoms with Gasteiger partial charge in [0.2, 0.25) is 5.91 Å². The Morgan fingerprint density at radius 3 is 2.41 bits per heavy atom. The van der Waals surface area contributed by atoms with Crippen LogP contribution in [0, 0.1) is 5.92 Å². The van der Waals surface area contributed by atoms with E-state index in [2.05, 4.69) is 23.5 Å². The van der Waals surface area contributed by atoms with Crippen LogP contribution in [0.5, 0.6) is 0 Å². The Kier molecular flexibility index (Phi) is 4.55. The summed E-state index contributed by atoms with van der Waals surface area (Å²) in [5, 5.41) is 5.22. The van der Waals surface area contributed by atoms with Crippen LogP contribution < -0.4 is 10.2 Å². The third kappa shape index (κ3) is 2.77. The van der Waals surface area contributed by atoms with E-state index in [1.807, 2.05) is 77.7 Å². The van der Waals surface area contributed by atoms with Crippen molar-refractivity contribution in [1.82, 2.24) is 0 Å². The topological polar surface area (TPSA) is 66.5 Å². The van der Waals surface area contributed by atoms with Crippen LogP contribution in [0.3, 0.4) is 0 Å². The zero-order chi connectivity index (χ0) is 25.3. The van der Waals surface area contributed by atoms with Crippen LogP contribution in [0.15, 0.2) is 97.1 Å². The van der Waals surface area contributed by atoms with Gasteiger partial charge in [0.25, 0.3) is 0 Å². The quantitative estimate of drug-likeness (QED) is 0.396. The summed E-state index contributed by atoms with van der Waals surface area (Å²) >= 11 is 0. The fraction of sp³-hybridized carbons (Fsp3) is 0.156. The number of carbonyl (C=O) groups is 3. The maximum atomic E-state index is 14.4. The van der Waals surface area contributed by atoms with Crippen LogP contribution in [0.1, 0.15) is 28.4 Å². The lowest BCUT2D eigenvalue weighted by atomic mass is 9.64. The number of anilines is 2. The summed E-state index contributed by atoms with van der Waals surface area (Å²) < 4.78 is 0. The molecule has 0 radical (unpaired) electrons. The van der Waals surface area contributed by atoms with Gasteiger partial charge in [0.1, 0.15) is 5.41 Å². The minimum absolute atomic E-state index is 0.136. The van der Waals surface area contributed by atoms with Crippen LogP contribution in [-0.4, -0.2) is 29.6 Å². The molecule has 0 aliphatic carbocycles. The molecule has 1 spiro atoms. The molecule has 0 saturated carbocycles. The number of rotatable bonds is 3. The highest BCUT2D eigenvalue weighted by atomic mass is 16.2. The van der Waals surface area contributed by atoms with Gasteiger partial charge in [0.05, 0.1) is 18.0 Å². The molecule has 4 aromatic rings. The van der Waals surface area contributed by atoms with Crippen LogP contribution in [0.2, 0.25) is 0 Å². The molecule has 0 unspecified atom stereocenters. The first-order valence-corrected chi connectivity index (χ1v) is 12.5. The van der Waals surface area contributed by atoms with Gasteiger partial charge in [-0.1, -0.05) is 91.0 Å². The minimum Gasteiger partial charge on any atom is -0.352 e. The van der Waals surface area contributed by atoms with Crippen LogP contribution >= 0.6 is 0 Å². The van der Waals surface area contributed by atoms with Crippen molar-refractivity contribution in [3.8, 4) is 0 Å². The summed E-state index contributed by atoms with van der Waals surface area (Å²) in [7, 11) is 0. The Hall–Kier alpha value is -4.51. The van der Waals surface area contributed by atoms with Gasteiger partial charge in [0.15, 0.2) is 11.6 Å². The molecule has 5 heteroatoms. The Bertz CT molecular complexity index is 1660. The second kappa shape index (κ2) is 7.74. The maximum absolute atomic E-state index is 14.4. The smallest absolute Gasteiger partial charge is 0.238 e. The Labute approximate surface area is 214 Å². The van der Waals surface area contributed by atoms with Gasteiger partial charge in [0, 0.05) is 22.5 Å². The van der Waals surface area contributed by atoms with E-state index in [0.717, 1.165) is 27.6 Å². The highest BCUT2D eigenvalue weighted by molar-refractivity contribution is 6.17. The third-order valence-corrected chi connectivity index (χ3v) is 8.30. The standard InChI is InChI=1S/C32H24N2O3/c1-19(35)29-28(30(36)21-10-3-2-4-11-21)32(24-13-7-8-14-25(24)33-31(32)37)27-18-16-23-22-12-6-5-9-20(22)15-17-26(23)34(27)29/h2-18,27-29H,1H3,(H,33,37)/t27-,28+,29-,32-/m1/s1. The molecular formula is C32H24N2O3. The summed E-state index contributed by atoms with van der Waals surface area (Å²) in [6.45, 7) is 1.53. The van der Waals surface area contributed by atoms with E-state index in [1.165, 1.54) is 6.92 Å². The zero-order valence-corrected chi connectivity index (χ0v) is 20.2. The number of benzene rings is 4. The number of nitrogens with zero attached hydrogens (tertiary/aromatic N) is 1. The lowest BCUT2D eigenvalue weighted by Crippen LogP contribution is -2.51. The van der Waals surface area contributed by atoms with Crippen molar-refractivity contribution in [3.63, 3.8) is 0 Å². The fourth-order valence-electron chi connectivity index (χ4n) is 6.87. The first-order valence-electron chi connectivity index (χ1n) is 12.5. The number of hydrogen-bond donors (Lipinski definition) is 1. The molecule has 3 aliphatic heterocycles. The molecule has 37 heavy (non-hydrogen) atoms. The number of Topliss-reactive ketones (excluding diaryl/α,β-unsaturated/α-hetero) is 2. The van der Waals surface area contributed by atoms with Crippen molar-refractivity contribution in [3.05, 3.63) is 114 Å². The molecule has 7 rings (SSSR count). The lowest BCUT2D eigenvalue weighted by molar-refractivity contribution is -0.122. The van der Waals surface area contributed by atoms with Gasteiger partial charge in [-0.25, -0.2) is 0 Å². The van der Waals surface area contributed by atoms with E-state index < -0.39 is 23.4 Å². The largest absolute Gasteiger partial charge is 0.352 e. The Morgan fingerprint density at radius 1 is 0.865 bits per heavy atom. The molecule has 1 N–H and O–H groups in total. The van der Waals surface area contributed by atoms with E-state index in [1.54, 1.807) is 12.1 Å². The van der Waals surface area contributed by atoms with Crippen molar-refractivity contribution in [2.45, 2.75) is 24.4 Å². The number of hydrogen-bond acceptors (Lipinski definition) is 4. The van der Waals surface area contributed by atoms with Crippen LogP contribution in [-0.2, 0) is 15.0 Å². The van der Waals surface area contributed by atoms with Crippen molar-refractivity contribution >= 4 is 45.7 Å². The molecule has 1 saturated heterocycles. The zero-order valence-electron chi connectivity index (χ0n) is 20.2. The maximum Gasteiger partial charge on any atom is 0.238 e. The molecule has 0 aromatic heterocycles. The van der Waals surface area contributed by atoms with Crippen LogP contribution in [0.25, 0.3) is 16.8 Å². The molecule has 4 atom stereocenters. The van der Waals surface area contributed by atoms with Gasteiger partial charge >= 0.3 is 0 Å². The number of nitrogens with one attached hydrogen (secondary N) is 1. The second-order valence-corrected chi connectivity index (χ2v) is 10.1. The predicted octanol–water partition coefficient (Wildman–Crippen LogP) is 5.40. The second-order valence-electron chi connectivity index (χ2n) is 10.1. The molecule has 3 aliphatic rings. The van der Waals surface area contributed by atoms with Gasteiger partial charge < -0.3 is 10.2 Å². The molecule has 4 aromatic carbocycles. The number of ketones is 2. The average Bonchev–Trinajstić information content (AvgIpc) is 3.41. The molecule has 5 nitrogen and oxygen atoms in total. The van der Waals surface area contributed by atoms with Gasteiger partial charge in [-0.05, 0) is 35.4 Å². The van der Waals surface area contributed by atoms with Crippen molar-refractivity contribution < 1.29 is 14.4 Å². The summed E-state index contributed by atoms with van der Waals surface area (Å²) in [6, 6.07) is 27.5. The summed E-state index contributed by atoms with van der Waals surface area (Å²) in [4.78, 5) is 44.0. The summed E-state index contributed by atoms with van der Waals surface area (Å²) in [5.41, 5.74) is 2.57. The molecular weight excluding hydrogens is 460 g/mol. The first-order chi connectivity index (χ1) is 18.0. The first kappa shape index (κ1) is 21.7. The monoisotopic (exact) mass is 484 g/mol. The number of carbonyl (C=O) groups excluding carboxylic acids is 3. The van der Waals surface area contributed by atoms with E-state index in [0.29, 0.717) is 11.3 Å². The highest BCUT2D eigenvalue weighted by Crippen LogP contribution is 2.58. The fourth-order valence-corrected chi connectivity index (χ4v) is 6.87. The minimum atomic E-state index is -1.25. The molecule has 1 amide bonds. The molecule has 180 valence electrons. The Morgan fingerprint density at radius 2 is 1.59 bits per heavy atom. The number of amides is 1. The average molecular weight is 485 g/mol. The SMILES string of the molecule is CC(=O)[C@@H]1[C@@H](C(=O)c2ccccc2)[C@]2(C(=O)Nc3ccccc32)[C@H]2C=Cc3c(ccc4ccccc34)N12. The predicted molar refractivity (Wildman–Crippen MR) is 145 cm³/mol. The lowest BCUT2D eigenvalue weighted by Gasteiger charge is -2.38. The van der Waals surface area contributed by atoms with Crippen molar-refractivity contribution in [2.75, 3.05) is 10.2 Å². The number of fused-ring (bicyclic) bond motifs is 8. The normalized spacial score (nSPS) is 25.1. The van der Waals surface area contributed by atoms with Crippen molar-refractivity contribution in [1.29, 1.82) is 0 Å². The van der Waals surface area contributed by atoms with Crippen LogP contribution in [0.4, 0.5) is 11.4 Å². The van der Waals surface area contributed by atoms with Gasteiger partial charge in [-0.3, -0.25) is 14.4 Å². The van der Waals surface area contributed by atoms with Gasteiger partial charge in [-0.15, -0.1) is 0 Å². The third-order valence-electron chi connectivity index (χ3n) is 8.30. The summed E-state index contributed by atoms with van der Waals surface area (Å²) in [5.74, 6) is -1.47. The van der Waals surface area contributed by atoms with Crippen molar-refractivity contribution in [2.24, 2.45) is 5.92 Å². The summed E-state index contributed by atoms with van der Waals surface area (Å²) in [6.07, 6.45) is 4.08. The van der Waals surface area contributed by atoms with E-state index in [9.17, 15) is 14.4 Å². The number of para-hydroxylation sites is 1. The molecule has 3 heterocycles. The van der Waals surface area contributed by atoms with E-state index in [4.69, 9.17) is 0 Å². The van der Waals surface area contributed by atoms with E-state index in [-0.39, 0.29) is 17.5 Å². The molecule has 0 bridgehead atoms. The Balaban J connectivity index is 1.54. The highest BCUT2D eigenvalue weighted by Gasteiger charge is 2.69. The van der Waals surface area contributed by atoms with E-state index >= 15 is 0 Å².